The lowest BCUT2D eigenvalue weighted by atomic mass is 9.93. The molecule has 1 amide bonds. The van der Waals surface area contributed by atoms with Crippen LogP contribution < -0.4 is 5.32 Å². The molecule has 218 valence electrons. The number of ketones is 1. The SMILES string of the molecule is CN1C2CC[C@@H]1C[C@H](OC(=O)c1cc(O)c(C(=O)c3c(O)cccc3C(=O)O)c(O)c1)[C@H]2NC(=O)c1ccc(O)cc1. The molecule has 12 nitrogen and oxygen atoms in total. The lowest BCUT2D eigenvalue weighted by Gasteiger charge is -2.42. The number of carbonyl (C=O) groups excluding carboxylic acids is 3. The number of ether oxygens (including phenoxy) is 1. The van der Waals surface area contributed by atoms with Gasteiger partial charge in [0.1, 0.15) is 34.7 Å². The summed E-state index contributed by atoms with van der Waals surface area (Å²) >= 11 is 0. The number of carboxylic acid groups (broad SMARTS) is 1. The van der Waals surface area contributed by atoms with Crippen LogP contribution >= 0.6 is 0 Å². The van der Waals surface area contributed by atoms with Crippen molar-refractivity contribution in [3.05, 3.63) is 82.4 Å². The molecule has 2 fully saturated rings. The molecule has 1 unspecified atom stereocenters. The Kier molecular flexibility index (Phi) is 7.48. The Bertz CT molecular complexity index is 1560. The summed E-state index contributed by atoms with van der Waals surface area (Å²) in [5, 5.41) is 53.3. The molecule has 0 spiro atoms. The molecule has 3 aromatic carbocycles. The standard InChI is InChI=1S/C30H28N2O10/c1-32-16-7-10-19(32)26(31-28(38)14-5-8-17(33)9-6-14)23(13-16)42-30(41)15-11-21(35)25(22(36)12-15)27(37)24-18(29(39)40)3-2-4-20(24)34/h2-6,8-9,11-12,16,19,23,26,33-36H,7,10,13H2,1H3,(H,31,38)(H,39,40)/t16-,19?,23+,26+/m1/s1. The Balaban J connectivity index is 1.39. The Morgan fingerprint density at radius 2 is 1.52 bits per heavy atom. The molecule has 5 rings (SSSR count). The maximum absolute atomic E-state index is 13.2. The van der Waals surface area contributed by atoms with Crippen molar-refractivity contribution in [3.8, 4) is 23.0 Å². The number of amides is 1. The summed E-state index contributed by atoms with van der Waals surface area (Å²) in [6, 6.07) is 10.3. The molecule has 0 aromatic heterocycles. The van der Waals surface area contributed by atoms with Gasteiger partial charge < -0.3 is 35.6 Å². The number of aromatic carboxylic acids is 1. The Labute approximate surface area is 239 Å². The number of piperidine rings is 1. The molecule has 3 aromatic rings. The highest BCUT2D eigenvalue weighted by Gasteiger charge is 2.48. The van der Waals surface area contributed by atoms with E-state index in [-0.39, 0.29) is 23.4 Å². The van der Waals surface area contributed by atoms with E-state index in [1.165, 1.54) is 30.3 Å². The van der Waals surface area contributed by atoms with Crippen LogP contribution in [0.2, 0.25) is 0 Å². The Morgan fingerprint density at radius 3 is 2.17 bits per heavy atom. The minimum absolute atomic E-state index is 0.0107. The summed E-state index contributed by atoms with van der Waals surface area (Å²) in [4.78, 5) is 53.0. The van der Waals surface area contributed by atoms with Gasteiger partial charge in [-0.05, 0) is 68.4 Å². The van der Waals surface area contributed by atoms with Gasteiger partial charge in [-0.2, -0.15) is 0 Å². The number of nitrogens with one attached hydrogen (secondary N) is 1. The number of nitrogens with zero attached hydrogens (tertiary/aromatic N) is 1. The van der Waals surface area contributed by atoms with E-state index < -0.39 is 69.7 Å². The maximum Gasteiger partial charge on any atom is 0.338 e. The van der Waals surface area contributed by atoms with Crippen molar-refractivity contribution in [3.63, 3.8) is 0 Å². The van der Waals surface area contributed by atoms with Gasteiger partial charge in [-0.15, -0.1) is 0 Å². The van der Waals surface area contributed by atoms with Crippen molar-refractivity contribution < 1.29 is 49.4 Å². The van der Waals surface area contributed by atoms with E-state index in [9.17, 15) is 44.7 Å². The fraction of sp³-hybridized carbons (Fsp3) is 0.267. The smallest absolute Gasteiger partial charge is 0.338 e. The zero-order chi connectivity index (χ0) is 30.3. The quantitative estimate of drug-likeness (QED) is 0.179. The van der Waals surface area contributed by atoms with E-state index in [1.54, 1.807) is 0 Å². The number of phenols is 4. The topological polar surface area (TPSA) is 194 Å². The van der Waals surface area contributed by atoms with Crippen LogP contribution in [0.1, 0.15) is 66.3 Å². The van der Waals surface area contributed by atoms with E-state index in [0.717, 1.165) is 37.1 Å². The average Bonchev–Trinajstić information content (AvgIpc) is 3.19. The fourth-order valence-electron chi connectivity index (χ4n) is 5.83. The average molecular weight is 577 g/mol. The van der Waals surface area contributed by atoms with Gasteiger partial charge in [0.25, 0.3) is 5.91 Å². The van der Waals surface area contributed by atoms with Crippen LogP contribution in [0.4, 0.5) is 0 Å². The minimum atomic E-state index is -1.51. The molecule has 2 aliphatic rings. The number of phenolic OH excluding ortho intramolecular Hbond substituents is 4. The fourth-order valence-corrected chi connectivity index (χ4v) is 5.83. The van der Waals surface area contributed by atoms with Crippen LogP contribution in [-0.4, -0.2) is 85.3 Å². The molecule has 0 aliphatic carbocycles. The molecular formula is C30H28N2O10. The molecule has 2 heterocycles. The van der Waals surface area contributed by atoms with Crippen LogP contribution in [-0.2, 0) is 4.74 Å². The van der Waals surface area contributed by atoms with Crippen LogP contribution in [0.5, 0.6) is 23.0 Å². The summed E-state index contributed by atoms with van der Waals surface area (Å²) in [5.74, 6) is -6.32. The normalized spacial score (nSPS) is 21.5. The Hall–Kier alpha value is -5.10. The van der Waals surface area contributed by atoms with E-state index in [1.807, 2.05) is 7.05 Å². The van der Waals surface area contributed by atoms with Crippen LogP contribution in [0.15, 0.2) is 54.6 Å². The Morgan fingerprint density at radius 1 is 0.857 bits per heavy atom. The minimum Gasteiger partial charge on any atom is -0.508 e. The van der Waals surface area contributed by atoms with Gasteiger partial charge in [-0.1, -0.05) is 6.07 Å². The zero-order valence-corrected chi connectivity index (χ0v) is 22.4. The number of rotatable bonds is 7. The highest BCUT2D eigenvalue weighted by atomic mass is 16.5. The van der Waals surface area contributed by atoms with Gasteiger partial charge in [-0.3, -0.25) is 14.5 Å². The predicted octanol–water partition coefficient (Wildman–Crippen LogP) is 2.63. The summed E-state index contributed by atoms with van der Waals surface area (Å²) in [5.41, 5.74) is -1.86. The molecular weight excluding hydrogens is 548 g/mol. The van der Waals surface area contributed by atoms with Gasteiger partial charge in [0.05, 0.1) is 22.7 Å². The zero-order valence-electron chi connectivity index (χ0n) is 22.4. The number of carbonyl (C=O) groups is 4. The molecule has 0 radical (unpaired) electrons. The molecule has 2 aliphatic heterocycles. The number of likely N-dealkylation sites (N-methyl/N-ethyl adjacent to an activating group) is 1. The molecule has 0 saturated carbocycles. The molecule has 42 heavy (non-hydrogen) atoms. The third-order valence-corrected chi connectivity index (χ3v) is 7.96. The number of fused-ring (bicyclic) bond motifs is 2. The molecule has 2 saturated heterocycles. The van der Waals surface area contributed by atoms with Crippen molar-refractivity contribution >= 4 is 23.6 Å². The van der Waals surface area contributed by atoms with E-state index in [2.05, 4.69) is 10.2 Å². The van der Waals surface area contributed by atoms with Crippen molar-refractivity contribution in [1.29, 1.82) is 0 Å². The number of aromatic hydroxyl groups is 4. The van der Waals surface area contributed by atoms with E-state index in [4.69, 9.17) is 4.74 Å². The number of hydrogen-bond donors (Lipinski definition) is 6. The largest absolute Gasteiger partial charge is 0.508 e. The van der Waals surface area contributed by atoms with Crippen molar-refractivity contribution in [1.82, 2.24) is 10.2 Å². The summed E-state index contributed by atoms with van der Waals surface area (Å²) in [7, 11) is 1.94. The number of benzene rings is 3. The molecule has 6 N–H and O–H groups in total. The van der Waals surface area contributed by atoms with Crippen molar-refractivity contribution in [2.45, 2.75) is 43.5 Å². The predicted molar refractivity (Wildman–Crippen MR) is 146 cm³/mol. The molecule has 12 heteroatoms. The van der Waals surface area contributed by atoms with Gasteiger partial charge in [0.2, 0.25) is 5.78 Å². The van der Waals surface area contributed by atoms with Crippen LogP contribution in [0.3, 0.4) is 0 Å². The third kappa shape index (κ3) is 5.19. The summed E-state index contributed by atoms with van der Waals surface area (Å²) < 4.78 is 5.79. The number of carboxylic acids is 1. The number of hydrogen-bond acceptors (Lipinski definition) is 10. The second kappa shape index (κ2) is 11.1. The van der Waals surface area contributed by atoms with Gasteiger partial charge >= 0.3 is 11.9 Å². The van der Waals surface area contributed by atoms with Crippen molar-refractivity contribution in [2.24, 2.45) is 0 Å². The summed E-state index contributed by atoms with van der Waals surface area (Å²) in [6.45, 7) is 0. The highest BCUT2D eigenvalue weighted by molar-refractivity contribution is 6.18. The summed E-state index contributed by atoms with van der Waals surface area (Å²) in [6.07, 6.45) is 1.26. The molecule has 4 atom stereocenters. The highest BCUT2D eigenvalue weighted by Crippen LogP contribution is 2.38. The first-order chi connectivity index (χ1) is 20.0. The second-order valence-electron chi connectivity index (χ2n) is 10.4. The number of esters is 1. The third-order valence-electron chi connectivity index (χ3n) is 7.96. The lowest BCUT2D eigenvalue weighted by molar-refractivity contribution is -0.0182. The van der Waals surface area contributed by atoms with Gasteiger partial charge in [-0.25, -0.2) is 9.59 Å². The monoisotopic (exact) mass is 576 g/mol. The maximum atomic E-state index is 13.2. The molecule has 2 bridgehead atoms. The first-order valence-electron chi connectivity index (χ1n) is 13.1. The van der Waals surface area contributed by atoms with Crippen LogP contribution in [0.25, 0.3) is 0 Å². The lowest BCUT2D eigenvalue weighted by Crippen LogP contribution is -2.60. The first kappa shape index (κ1) is 28.4. The second-order valence-corrected chi connectivity index (χ2v) is 10.4. The van der Waals surface area contributed by atoms with E-state index in [0.29, 0.717) is 12.0 Å². The van der Waals surface area contributed by atoms with E-state index >= 15 is 0 Å². The van der Waals surface area contributed by atoms with Crippen molar-refractivity contribution in [2.75, 3.05) is 7.05 Å². The van der Waals surface area contributed by atoms with Gasteiger partial charge in [0.15, 0.2) is 0 Å². The van der Waals surface area contributed by atoms with Crippen LogP contribution in [0, 0.1) is 0 Å². The first-order valence-corrected chi connectivity index (χ1v) is 13.1. The van der Waals surface area contributed by atoms with Gasteiger partial charge in [0, 0.05) is 24.1 Å².